The van der Waals surface area contributed by atoms with Crippen LogP contribution in [0.1, 0.15) is 6.42 Å². The zero-order valence-corrected chi connectivity index (χ0v) is 16.0. The van der Waals surface area contributed by atoms with Gasteiger partial charge in [0.05, 0.1) is 28.6 Å². The monoisotopic (exact) mass is 407 g/mol. The molecule has 142 valence electrons. The lowest BCUT2D eigenvalue weighted by Crippen LogP contribution is -2.28. The van der Waals surface area contributed by atoms with Crippen LogP contribution in [0.5, 0.6) is 0 Å². The quantitative estimate of drug-likeness (QED) is 0.796. The highest BCUT2D eigenvalue weighted by Gasteiger charge is 2.35. The number of nitrogens with one attached hydrogen (secondary N) is 2. The summed E-state index contributed by atoms with van der Waals surface area (Å²) < 4.78 is 25.0. The Morgan fingerprint density at radius 1 is 1.15 bits per heavy atom. The van der Waals surface area contributed by atoms with Crippen LogP contribution in [-0.2, 0) is 19.6 Å². The Balaban J connectivity index is 1.70. The van der Waals surface area contributed by atoms with Gasteiger partial charge in [0.1, 0.15) is 0 Å². The predicted octanol–water partition coefficient (Wildman–Crippen LogP) is 2.70. The van der Waals surface area contributed by atoms with Crippen molar-refractivity contribution in [1.29, 1.82) is 0 Å². The number of nitrogens with zero attached hydrogens (tertiary/aromatic N) is 1. The summed E-state index contributed by atoms with van der Waals surface area (Å²) in [5.41, 5.74) is 1.37. The molecule has 1 atom stereocenters. The van der Waals surface area contributed by atoms with Crippen LogP contribution in [0.15, 0.2) is 48.5 Å². The van der Waals surface area contributed by atoms with Gasteiger partial charge in [0.15, 0.2) is 0 Å². The molecule has 1 saturated heterocycles. The van der Waals surface area contributed by atoms with Crippen molar-refractivity contribution in [3.8, 4) is 0 Å². The van der Waals surface area contributed by atoms with Gasteiger partial charge in [-0.05, 0) is 30.3 Å². The van der Waals surface area contributed by atoms with E-state index in [0.29, 0.717) is 22.1 Å². The van der Waals surface area contributed by atoms with Gasteiger partial charge < -0.3 is 10.2 Å². The number of para-hydroxylation sites is 1. The van der Waals surface area contributed by atoms with Crippen LogP contribution in [0.3, 0.4) is 0 Å². The molecule has 1 fully saturated rings. The second-order valence-corrected chi connectivity index (χ2v) is 8.46. The van der Waals surface area contributed by atoms with Crippen LogP contribution in [0, 0.1) is 5.92 Å². The van der Waals surface area contributed by atoms with E-state index in [2.05, 4.69) is 10.0 Å². The van der Waals surface area contributed by atoms with Gasteiger partial charge in [-0.3, -0.25) is 14.3 Å². The van der Waals surface area contributed by atoms with Crippen LogP contribution in [-0.4, -0.2) is 33.0 Å². The van der Waals surface area contributed by atoms with Crippen molar-refractivity contribution in [1.82, 2.24) is 0 Å². The lowest BCUT2D eigenvalue weighted by molar-refractivity contribution is -0.122. The van der Waals surface area contributed by atoms with E-state index in [0.717, 1.165) is 6.26 Å². The second-order valence-electron chi connectivity index (χ2n) is 6.30. The Morgan fingerprint density at radius 2 is 1.85 bits per heavy atom. The van der Waals surface area contributed by atoms with Crippen LogP contribution in [0.25, 0.3) is 0 Å². The van der Waals surface area contributed by atoms with E-state index >= 15 is 0 Å². The summed E-state index contributed by atoms with van der Waals surface area (Å²) in [5, 5.41) is 3.18. The average Bonchev–Trinajstić information content (AvgIpc) is 2.96. The van der Waals surface area contributed by atoms with Crippen LogP contribution in [0.4, 0.5) is 17.1 Å². The van der Waals surface area contributed by atoms with Gasteiger partial charge in [-0.2, -0.15) is 0 Å². The highest BCUT2D eigenvalue weighted by atomic mass is 35.5. The molecule has 9 heteroatoms. The molecule has 2 aromatic carbocycles. The van der Waals surface area contributed by atoms with Crippen LogP contribution in [0.2, 0.25) is 5.02 Å². The average molecular weight is 408 g/mol. The molecule has 1 unspecified atom stereocenters. The lowest BCUT2D eigenvalue weighted by Gasteiger charge is -2.18. The lowest BCUT2D eigenvalue weighted by atomic mass is 10.1. The van der Waals surface area contributed by atoms with E-state index in [-0.39, 0.29) is 24.8 Å². The third-order valence-corrected chi connectivity index (χ3v) is 5.00. The van der Waals surface area contributed by atoms with Crippen molar-refractivity contribution in [3.63, 3.8) is 0 Å². The normalized spacial score (nSPS) is 17.0. The maximum Gasteiger partial charge on any atom is 0.229 e. The number of halogens is 1. The summed E-state index contributed by atoms with van der Waals surface area (Å²) in [5.74, 6) is -1.01. The Labute approximate surface area is 162 Å². The fourth-order valence-electron chi connectivity index (χ4n) is 2.91. The van der Waals surface area contributed by atoms with Crippen molar-refractivity contribution >= 4 is 50.5 Å². The van der Waals surface area contributed by atoms with E-state index in [4.69, 9.17) is 11.6 Å². The molecule has 1 heterocycles. The van der Waals surface area contributed by atoms with Crippen molar-refractivity contribution in [3.05, 3.63) is 53.6 Å². The van der Waals surface area contributed by atoms with Gasteiger partial charge in [-0.15, -0.1) is 0 Å². The molecule has 27 heavy (non-hydrogen) atoms. The molecule has 0 aliphatic carbocycles. The highest BCUT2D eigenvalue weighted by molar-refractivity contribution is 7.92. The number of anilines is 3. The minimum Gasteiger partial charge on any atom is -0.326 e. The summed E-state index contributed by atoms with van der Waals surface area (Å²) in [6.07, 6.45) is 1.13. The predicted molar refractivity (Wildman–Crippen MR) is 105 cm³/mol. The number of benzene rings is 2. The fourth-order valence-corrected chi connectivity index (χ4v) is 3.70. The van der Waals surface area contributed by atoms with E-state index in [9.17, 15) is 18.0 Å². The molecule has 0 aromatic heterocycles. The van der Waals surface area contributed by atoms with Crippen molar-refractivity contribution < 1.29 is 18.0 Å². The van der Waals surface area contributed by atoms with Crippen molar-refractivity contribution in [2.75, 3.05) is 27.7 Å². The van der Waals surface area contributed by atoms with Crippen molar-refractivity contribution in [2.45, 2.75) is 6.42 Å². The molecule has 0 saturated carbocycles. The number of amides is 2. The topological polar surface area (TPSA) is 95.6 Å². The molecule has 1 aliphatic rings. The molecule has 3 rings (SSSR count). The molecule has 2 amide bonds. The number of sulfonamides is 1. The maximum atomic E-state index is 12.6. The SMILES string of the molecule is CS(=O)(=O)Nc1cccc(NC(=O)C2CC(=O)N(c3ccccc3Cl)C2)c1. The highest BCUT2D eigenvalue weighted by Crippen LogP contribution is 2.31. The fraction of sp³-hybridized carbons (Fsp3) is 0.222. The standard InChI is InChI=1S/C18H18ClN3O4S/c1-27(25,26)21-14-6-4-5-13(10-14)20-18(24)12-9-17(23)22(11-12)16-8-3-2-7-15(16)19/h2-8,10,12,21H,9,11H2,1H3,(H,20,24). The third-order valence-electron chi connectivity index (χ3n) is 4.07. The smallest absolute Gasteiger partial charge is 0.229 e. The molecular weight excluding hydrogens is 390 g/mol. The summed E-state index contributed by atoms with van der Waals surface area (Å²) in [7, 11) is -3.41. The Morgan fingerprint density at radius 3 is 2.56 bits per heavy atom. The summed E-state index contributed by atoms with van der Waals surface area (Å²) >= 11 is 6.15. The van der Waals surface area contributed by atoms with Gasteiger partial charge in [0.25, 0.3) is 0 Å². The third kappa shape index (κ3) is 4.78. The van der Waals surface area contributed by atoms with Crippen molar-refractivity contribution in [2.24, 2.45) is 5.92 Å². The van der Waals surface area contributed by atoms with E-state index in [1.165, 1.54) is 11.0 Å². The van der Waals surface area contributed by atoms with E-state index < -0.39 is 15.9 Å². The molecule has 0 spiro atoms. The zero-order valence-electron chi connectivity index (χ0n) is 14.5. The molecule has 2 N–H and O–H groups in total. The van der Waals surface area contributed by atoms with Gasteiger partial charge in [-0.1, -0.05) is 29.8 Å². The van der Waals surface area contributed by atoms with Gasteiger partial charge in [0.2, 0.25) is 21.8 Å². The molecule has 7 nitrogen and oxygen atoms in total. The number of carbonyl (C=O) groups is 2. The van der Waals surface area contributed by atoms with Gasteiger partial charge >= 0.3 is 0 Å². The largest absolute Gasteiger partial charge is 0.326 e. The van der Waals surface area contributed by atoms with E-state index in [1.54, 1.807) is 42.5 Å². The molecule has 0 bridgehead atoms. The minimum atomic E-state index is -3.41. The number of carbonyl (C=O) groups excluding carboxylic acids is 2. The maximum absolute atomic E-state index is 12.6. The molecular formula is C18H18ClN3O4S. The minimum absolute atomic E-state index is 0.0817. The van der Waals surface area contributed by atoms with Gasteiger partial charge in [-0.25, -0.2) is 8.42 Å². The first kappa shape index (κ1) is 19.2. The first-order valence-corrected chi connectivity index (χ1v) is 10.4. The van der Waals surface area contributed by atoms with Crippen LogP contribution < -0.4 is 14.9 Å². The number of hydrogen-bond acceptors (Lipinski definition) is 4. The summed E-state index contributed by atoms with van der Waals surface area (Å²) in [6.45, 7) is 0.232. The van der Waals surface area contributed by atoms with Gasteiger partial charge in [0, 0.05) is 18.7 Å². The Bertz CT molecular complexity index is 994. The molecule has 1 aliphatic heterocycles. The van der Waals surface area contributed by atoms with E-state index in [1.807, 2.05) is 0 Å². The van der Waals surface area contributed by atoms with Crippen LogP contribution >= 0.6 is 11.6 Å². The molecule has 0 radical (unpaired) electrons. The first-order chi connectivity index (χ1) is 12.7. The Kier molecular flexibility index (Phi) is 5.38. The Hall–Kier alpha value is -2.58. The zero-order chi connectivity index (χ0) is 19.6. The second kappa shape index (κ2) is 7.58. The number of hydrogen-bond donors (Lipinski definition) is 2. The summed E-state index contributed by atoms with van der Waals surface area (Å²) in [4.78, 5) is 26.4. The first-order valence-electron chi connectivity index (χ1n) is 8.16. The number of rotatable bonds is 5. The molecule has 2 aromatic rings. The summed E-state index contributed by atoms with van der Waals surface area (Å²) in [6, 6.07) is 13.3.